The van der Waals surface area contributed by atoms with E-state index in [0.29, 0.717) is 42.0 Å². The molecule has 0 spiro atoms. The summed E-state index contributed by atoms with van der Waals surface area (Å²) in [6, 6.07) is 9.44. The van der Waals surface area contributed by atoms with Crippen LogP contribution in [0.2, 0.25) is 0 Å². The molecule has 3 rings (SSSR count). The molecule has 1 aliphatic carbocycles. The van der Waals surface area contributed by atoms with Crippen LogP contribution in [0.15, 0.2) is 35.7 Å². The van der Waals surface area contributed by atoms with Gasteiger partial charge in [0.1, 0.15) is 10.6 Å². The lowest BCUT2D eigenvalue weighted by Crippen LogP contribution is -2.36. The fourth-order valence-electron chi connectivity index (χ4n) is 3.69. The number of esters is 1. The average Bonchev–Trinajstić information content (AvgIpc) is 3.16. The summed E-state index contributed by atoms with van der Waals surface area (Å²) >= 11 is 1.25. The van der Waals surface area contributed by atoms with Crippen molar-refractivity contribution >= 4 is 34.2 Å². The van der Waals surface area contributed by atoms with Crippen LogP contribution >= 0.6 is 11.3 Å². The van der Waals surface area contributed by atoms with Gasteiger partial charge in [-0.25, -0.2) is 4.79 Å². The summed E-state index contributed by atoms with van der Waals surface area (Å²) < 4.78 is 5.35. The Kier molecular flexibility index (Phi) is 7.04. The standard InChI is InChI=1S/C22H25NO5S/c1-2-12-28-22(27)18-17(14-8-4-3-5-9-14)13-29-20(18)23-19(24)15-10-6-7-11-16(15)21(25)26/h3-5,8-9,13,15-16H,2,6-7,10-12H2,1H3,(H,23,24)(H,25,26)/t15-,16-/m1/s1. The van der Waals surface area contributed by atoms with Gasteiger partial charge in [-0.2, -0.15) is 0 Å². The molecule has 1 heterocycles. The van der Waals surface area contributed by atoms with E-state index in [1.165, 1.54) is 11.3 Å². The Balaban J connectivity index is 1.90. The monoisotopic (exact) mass is 415 g/mol. The van der Waals surface area contributed by atoms with E-state index in [1.54, 1.807) is 0 Å². The Morgan fingerprint density at radius 2 is 1.83 bits per heavy atom. The van der Waals surface area contributed by atoms with Crippen LogP contribution in [0.25, 0.3) is 11.1 Å². The van der Waals surface area contributed by atoms with Gasteiger partial charge in [-0.05, 0) is 24.8 Å². The molecule has 2 aromatic rings. The minimum absolute atomic E-state index is 0.292. The van der Waals surface area contributed by atoms with Gasteiger partial charge >= 0.3 is 11.9 Å². The molecule has 1 aromatic heterocycles. The van der Waals surface area contributed by atoms with Gasteiger partial charge in [0.05, 0.1) is 18.4 Å². The maximum atomic E-state index is 12.9. The SMILES string of the molecule is CCCOC(=O)c1c(-c2ccccc2)csc1NC(=O)[C@@H]1CCCC[C@H]1C(=O)O. The molecule has 1 fully saturated rings. The first-order valence-corrected chi connectivity index (χ1v) is 10.8. The van der Waals surface area contributed by atoms with E-state index in [4.69, 9.17) is 4.74 Å². The van der Waals surface area contributed by atoms with Crippen molar-refractivity contribution < 1.29 is 24.2 Å². The van der Waals surface area contributed by atoms with Crippen LogP contribution in [-0.2, 0) is 14.3 Å². The molecule has 2 atom stereocenters. The summed E-state index contributed by atoms with van der Waals surface area (Å²) in [5.74, 6) is -3.05. The summed E-state index contributed by atoms with van der Waals surface area (Å²) in [4.78, 5) is 37.2. The number of rotatable bonds is 7. The third-order valence-electron chi connectivity index (χ3n) is 5.17. The van der Waals surface area contributed by atoms with Gasteiger partial charge in [0.25, 0.3) is 0 Å². The molecule has 1 aromatic carbocycles. The largest absolute Gasteiger partial charge is 0.481 e. The Morgan fingerprint density at radius 1 is 1.14 bits per heavy atom. The number of carbonyl (C=O) groups is 3. The number of hydrogen-bond acceptors (Lipinski definition) is 5. The van der Waals surface area contributed by atoms with Crippen LogP contribution in [0.4, 0.5) is 5.00 Å². The highest BCUT2D eigenvalue weighted by Gasteiger charge is 2.36. The molecule has 29 heavy (non-hydrogen) atoms. The third kappa shape index (κ3) is 4.85. The number of amides is 1. The molecule has 154 valence electrons. The van der Waals surface area contributed by atoms with Gasteiger partial charge < -0.3 is 15.2 Å². The lowest BCUT2D eigenvalue weighted by Gasteiger charge is -2.27. The number of hydrogen-bond donors (Lipinski definition) is 2. The molecule has 1 amide bonds. The zero-order valence-electron chi connectivity index (χ0n) is 16.3. The van der Waals surface area contributed by atoms with Crippen LogP contribution in [0.1, 0.15) is 49.4 Å². The van der Waals surface area contributed by atoms with Gasteiger partial charge in [0.2, 0.25) is 5.91 Å². The third-order valence-corrected chi connectivity index (χ3v) is 6.07. The number of anilines is 1. The zero-order chi connectivity index (χ0) is 20.8. The molecule has 7 heteroatoms. The average molecular weight is 416 g/mol. The number of carbonyl (C=O) groups excluding carboxylic acids is 2. The van der Waals surface area contributed by atoms with Crippen molar-refractivity contribution in [3.05, 3.63) is 41.3 Å². The minimum atomic E-state index is -0.941. The van der Waals surface area contributed by atoms with E-state index < -0.39 is 23.8 Å². The quantitative estimate of drug-likeness (QED) is 0.633. The highest BCUT2D eigenvalue weighted by atomic mass is 32.1. The topological polar surface area (TPSA) is 92.7 Å². The summed E-state index contributed by atoms with van der Waals surface area (Å²) in [5, 5.41) is 14.5. The van der Waals surface area contributed by atoms with Gasteiger partial charge in [-0.1, -0.05) is 50.1 Å². The van der Waals surface area contributed by atoms with Crippen LogP contribution < -0.4 is 5.32 Å². The molecule has 0 saturated heterocycles. The Morgan fingerprint density at radius 3 is 2.48 bits per heavy atom. The lowest BCUT2D eigenvalue weighted by atomic mass is 9.79. The Hall–Kier alpha value is -2.67. The van der Waals surface area contributed by atoms with Crippen LogP contribution in [-0.4, -0.2) is 29.6 Å². The molecule has 0 aliphatic heterocycles. The van der Waals surface area contributed by atoms with Crippen LogP contribution in [0.3, 0.4) is 0 Å². The number of aliphatic carboxylic acids is 1. The smallest absolute Gasteiger partial charge is 0.341 e. The van der Waals surface area contributed by atoms with Crippen LogP contribution in [0, 0.1) is 11.8 Å². The molecule has 0 unspecified atom stereocenters. The number of ether oxygens (including phenoxy) is 1. The summed E-state index contributed by atoms with van der Waals surface area (Å²) in [6.45, 7) is 2.21. The van der Waals surface area contributed by atoms with E-state index >= 15 is 0 Å². The van der Waals surface area contributed by atoms with Gasteiger partial charge in [-0.15, -0.1) is 11.3 Å². The molecule has 0 radical (unpaired) electrons. The Labute approximate surface area is 173 Å². The van der Waals surface area contributed by atoms with E-state index in [0.717, 1.165) is 18.4 Å². The van der Waals surface area contributed by atoms with Crippen molar-refractivity contribution in [1.29, 1.82) is 0 Å². The van der Waals surface area contributed by atoms with Gasteiger partial charge in [0.15, 0.2) is 0 Å². The first-order chi connectivity index (χ1) is 14.0. The zero-order valence-corrected chi connectivity index (χ0v) is 17.2. The highest BCUT2D eigenvalue weighted by molar-refractivity contribution is 7.15. The number of nitrogens with one attached hydrogen (secondary N) is 1. The van der Waals surface area contributed by atoms with Gasteiger partial charge in [-0.3, -0.25) is 9.59 Å². The number of carboxylic acid groups (broad SMARTS) is 1. The van der Waals surface area contributed by atoms with E-state index in [1.807, 2.05) is 42.6 Å². The second-order valence-electron chi connectivity index (χ2n) is 7.18. The molecule has 6 nitrogen and oxygen atoms in total. The van der Waals surface area contributed by atoms with Gasteiger partial charge in [0, 0.05) is 10.9 Å². The summed E-state index contributed by atoms with van der Waals surface area (Å²) in [5.41, 5.74) is 1.88. The first kappa shape index (κ1) is 21.0. The van der Waals surface area contributed by atoms with E-state index in [9.17, 15) is 19.5 Å². The number of thiophene rings is 1. The first-order valence-electron chi connectivity index (χ1n) is 9.90. The maximum absolute atomic E-state index is 12.9. The molecular formula is C22H25NO5S. The van der Waals surface area contributed by atoms with Crippen molar-refractivity contribution in [1.82, 2.24) is 0 Å². The predicted octanol–water partition coefficient (Wildman–Crippen LogP) is 4.81. The second kappa shape index (κ2) is 9.69. The normalized spacial score (nSPS) is 18.8. The summed E-state index contributed by atoms with van der Waals surface area (Å²) in [7, 11) is 0. The fourth-order valence-corrected chi connectivity index (χ4v) is 4.65. The molecule has 2 N–H and O–H groups in total. The molecule has 0 bridgehead atoms. The molecular weight excluding hydrogens is 390 g/mol. The van der Waals surface area contributed by atoms with E-state index in [-0.39, 0.29) is 5.91 Å². The fraction of sp³-hybridized carbons (Fsp3) is 0.409. The van der Waals surface area contributed by atoms with E-state index in [2.05, 4.69) is 5.32 Å². The van der Waals surface area contributed by atoms with Crippen molar-refractivity contribution in [2.24, 2.45) is 11.8 Å². The highest BCUT2D eigenvalue weighted by Crippen LogP contribution is 2.38. The summed E-state index contributed by atoms with van der Waals surface area (Å²) in [6.07, 6.45) is 3.37. The maximum Gasteiger partial charge on any atom is 0.341 e. The lowest BCUT2D eigenvalue weighted by molar-refractivity contribution is -0.147. The van der Waals surface area contributed by atoms with Crippen molar-refractivity contribution in [3.8, 4) is 11.1 Å². The van der Waals surface area contributed by atoms with Crippen LogP contribution in [0.5, 0.6) is 0 Å². The minimum Gasteiger partial charge on any atom is -0.481 e. The molecule has 1 aliphatic rings. The molecule has 1 saturated carbocycles. The predicted molar refractivity (Wildman–Crippen MR) is 112 cm³/mol. The van der Waals surface area contributed by atoms with Crippen molar-refractivity contribution in [2.75, 3.05) is 11.9 Å². The Bertz CT molecular complexity index is 877. The number of benzene rings is 1. The van der Waals surface area contributed by atoms with Crippen molar-refractivity contribution in [3.63, 3.8) is 0 Å². The second-order valence-corrected chi connectivity index (χ2v) is 8.06. The van der Waals surface area contributed by atoms with Crippen molar-refractivity contribution in [2.45, 2.75) is 39.0 Å². The number of carboxylic acids is 1.